The largest absolute Gasteiger partial charge is 0.481 e. The van der Waals surface area contributed by atoms with E-state index in [-0.39, 0.29) is 18.9 Å². The molecule has 1 aromatic rings. The maximum Gasteiger partial charge on any atom is 0.308 e. The molecule has 0 unspecified atom stereocenters. The number of benzene rings is 1. The number of carboxylic acid groups (broad SMARTS) is 1. The Balaban J connectivity index is 2.33. The predicted octanol–water partition coefficient (Wildman–Crippen LogP) is 2.50. The van der Waals surface area contributed by atoms with Crippen molar-refractivity contribution >= 4 is 33.5 Å². The first-order valence-corrected chi connectivity index (χ1v) is 6.49. The third-order valence-electron chi connectivity index (χ3n) is 3.21. The van der Waals surface area contributed by atoms with Gasteiger partial charge in [-0.2, -0.15) is 0 Å². The second-order valence-electron chi connectivity index (χ2n) is 4.64. The summed E-state index contributed by atoms with van der Waals surface area (Å²) in [6, 6.07) is 3.80. The quantitative estimate of drug-likeness (QED) is 0.913. The molecule has 96 valence electrons. The zero-order chi connectivity index (χ0) is 13.4. The normalized spacial score (nSPS) is 19.4. The van der Waals surface area contributed by atoms with Crippen molar-refractivity contribution in [2.75, 3.05) is 11.4 Å². The molecule has 1 saturated heterocycles. The SMILES string of the molecule is Cc1cc(N2C[C@H](C(=O)O)CC2=O)cc(C)c1Br. The van der Waals surface area contributed by atoms with Gasteiger partial charge in [0.05, 0.1) is 5.92 Å². The lowest BCUT2D eigenvalue weighted by molar-refractivity contribution is -0.141. The zero-order valence-electron chi connectivity index (χ0n) is 10.2. The molecule has 0 saturated carbocycles. The molecule has 1 aliphatic heterocycles. The van der Waals surface area contributed by atoms with Gasteiger partial charge in [0, 0.05) is 23.1 Å². The minimum Gasteiger partial charge on any atom is -0.481 e. The van der Waals surface area contributed by atoms with Gasteiger partial charge >= 0.3 is 5.97 Å². The monoisotopic (exact) mass is 311 g/mol. The van der Waals surface area contributed by atoms with E-state index in [9.17, 15) is 9.59 Å². The smallest absolute Gasteiger partial charge is 0.308 e. The molecule has 1 atom stereocenters. The molecule has 0 aromatic heterocycles. The number of anilines is 1. The van der Waals surface area contributed by atoms with E-state index in [1.807, 2.05) is 26.0 Å². The Morgan fingerprint density at radius 2 is 1.94 bits per heavy atom. The van der Waals surface area contributed by atoms with Gasteiger partial charge in [-0.15, -0.1) is 0 Å². The van der Waals surface area contributed by atoms with Crippen LogP contribution in [0.1, 0.15) is 17.5 Å². The molecule has 0 bridgehead atoms. The lowest BCUT2D eigenvalue weighted by atomic mass is 10.1. The van der Waals surface area contributed by atoms with Gasteiger partial charge < -0.3 is 10.0 Å². The van der Waals surface area contributed by atoms with Gasteiger partial charge in [-0.3, -0.25) is 9.59 Å². The lowest BCUT2D eigenvalue weighted by Crippen LogP contribution is -2.25. The molecule has 0 radical (unpaired) electrons. The fourth-order valence-corrected chi connectivity index (χ4v) is 2.43. The fourth-order valence-electron chi connectivity index (χ4n) is 2.20. The van der Waals surface area contributed by atoms with E-state index in [0.717, 1.165) is 21.3 Å². The number of carbonyl (C=O) groups excluding carboxylic acids is 1. The highest BCUT2D eigenvalue weighted by molar-refractivity contribution is 9.10. The topological polar surface area (TPSA) is 57.6 Å². The van der Waals surface area contributed by atoms with Crippen LogP contribution in [-0.4, -0.2) is 23.5 Å². The highest BCUT2D eigenvalue weighted by Crippen LogP contribution is 2.31. The molecule has 5 heteroatoms. The van der Waals surface area contributed by atoms with Crippen molar-refractivity contribution in [2.45, 2.75) is 20.3 Å². The van der Waals surface area contributed by atoms with Gasteiger partial charge in [-0.1, -0.05) is 15.9 Å². The van der Waals surface area contributed by atoms with Crippen molar-refractivity contribution in [3.05, 3.63) is 27.7 Å². The summed E-state index contributed by atoms with van der Waals surface area (Å²) >= 11 is 3.47. The van der Waals surface area contributed by atoms with E-state index in [2.05, 4.69) is 15.9 Å². The molecule has 1 heterocycles. The number of amides is 1. The average Bonchev–Trinajstić information content (AvgIpc) is 2.68. The van der Waals surface area contributed by atoms with E-state index in [0.29, 0.717) is 0 Å². The summed E-state index contributed by atoms with van der Waals surface area (Å²) in [5.41, 5.74) is 2.86. The number of hydrogen-bond donors (Lipinski definition) is 1. The van der Waals surface area contributed by atoms with Crippen LogP contribution in [0.25, 0.3) is 0 Å². The Kier molecular flexibility index (Phi) is 3.43. The summed E-state index contributed by atoms with van der Waals surface area (Å²) in [7, 11) is 0. The van der Waals surface area contributed by atoms with Crippen LogP contribution in [0.5, 0.6) is 0 Å². The summed E-state index contributed by atoms with van der Waals surface area (Å²) in [6.07, 6.45) is 0.0868. The number of hydrogen-bond acceptors (Lipinski definition) is 2. The van der Waals surface area contributed by atoms with Crippen LogP contribution in [0, 0.1) is 19.8 Å². The maximum absolute atomic E-state index is 11.8. The molecular formula is C13H14BrNO3. The molecule has 2 rings (SSSR count). The third kappa shape index (κ3) is 2.27. The molecule has 1 fully saturated rings. The molecule has 4 nitrogen and oxygen atoms in total. The Morgan fingerprint density at radius 1 is 1.39 bits per heavy atom. The summed E-state index contributed by atoms with van der Waals surface area (Å²) in [6.45, 7) is 4.17. The van der Waals surface area contributed by atoms with Gasteiger partial charge in [0.1, 0.15) is 0 Å². The number of carbonyl (C=O) groups is 2. The molecule has 1 aliphatic rings. The summed E-state index contributed by atoms with van der Waals surface area (Å²) in [5, 5.41) is 8.96. The van der Waals surface area contributed by atoms with Gasteiger partial charge in [0.15, 0.2) is 0 Å². The molecular weight excluding hydrogens is 298 g/mol. The number of aliphatic carboxylic acids is 1. The minimum absolute atomic E-state index is 0.0868. The van der Waals surface area contributed by atoms with Crippen molar-refractivity contribution < 1.29 is 14.7 Å². The first-order valence-electron chi connectivity index (χ1n) is 5.70. The first-order chi connectivity index (χ1) is 8.40. The van der Waals surface area contributed by atoms with E-state index in [4.69, 9.17) is 5.11 Å². The van der Waals surface area contributed by atoms with Gasteiger partial charge in [-0.25, -0.2) is 0 Å². The van der Waals surface area contributed by atoms with Gasteiger partial charge in [0.25, 0.3) is 0 Å². The van der Waals surface area contributed by atoms with E-state index >= 15 is 0 Å². The van der Waals surface area contributed by atoms with Crippen LogP contribution >= 0.6 is 15.9 Å². The zero-order valence-corrected chi connectivity index (χ0v) is 11.8. The van der Waals surface area contributed by atoms with Gasteiger partial charge in [-0.05, 0) is 37.1 Å². The Morgan fingerprint density at radius 3 is 2.39 bits per heavy atom. The first kappa shape index (κ1) is 13.1. The molecule has 0 spiro atoms. The van der Waals surface area contributed by atoms with Crippen LogP contribution in [0.3, 0.4) is 0 Å². The maximum atomic E-state index is 11.8. The average molecular weight is 312 g/mol. The third-order valence-corrected chi connectivity index (χ3v) is 4.46. The van der Waals surface area contributed by atoms with Gasteiger partial charge in [0.2, 0.25) is 5.91 Å². The molecule has 1 N–H and O–H groups in total. The van der Waals surface area contributed by atoms with Crippen LogP contribution < -0.4 is 4.90 Å². The predicted molar refractivity (Wildman–Crippen MR) is 71.7 cm³/mol. The van der Waals surface area contributed by atoms with Crippen LogP contribution in [-0.2, 0) is 9.59 Å². The minimum atomic E-state index is -0.906. The summed E-state index contributed by atoms with van der Waals surface area (Å²) < 4.78 is 1.02. The number of carboxylic acids is 1. The molecule has 0 aliphatic carbocycles. The van der Waals surface area contributed by atoms with Crippen molar-refractivity contribution in [2.24, 2.45) is 5.92 Å². The Bertz CT molecular complexity index is 504. The van der Waals surface area contributed by atoms with E-state index in [1.54, 1.807) is 4.90 Å². The lowest BCUT2D eigenvalue weighted by Gasteiger charge is -2.18. The fraction of sp³-hybridized carbons (Fsp3) is 0.385. The Hall–Kier alpha value is -1.36. The molecule has 1 amide bonds. The van der Waals surface area contributed by atoms with Crippen LogP contribution in [0.2, 0.25) is 0 Å². The van der Waals surface area contributed by atoms with Crippen molar-refractivity contribution in [3.8, 4) is 0 Å². The van der Waals surface area contributed by atoms with Crippen molar-refractivity contribution in [3.63, 3.8) is 0 Å². The van der Waals surface area contributed by atoms with Crippen LogP contribution in [0.4, 0.5) is 5.69 Å². The summed E-state index contributed by atoms with van der Waals surface area (Å²) in [4.78, 5) is 24.3. The Labute approximate surface area is 114 Å². The number of nitrogens with zero attached hydrogens (tertiary/aromatic N) is 1. The van der Waals surface area contributed by atoms with Crippen molar-refractivity contribution in [1.29, 1.82) is 0 Å². The number of aryl methyl sites for hydroxylation is 2. The highest BCUT2D eigenvalue weighted by Gasteiger charge is 2.35. The molecule has 18 heavy (non-hydrogen) atoms. The van der Waals surface area contributed by atoms with Crippen LogP contribution in [0.15, 0.2) is 16.6 Å². The molecule has 1 aromatic carbocycles. The summed E-state index contributed by atoms with van der Waals surface area (Å²) in [5.74, 6) is -1.62. The highest BCUT2D eigenvalue weighted by atomic mass is 79.9. The second kappa shape index (κ2) is 4.72. The second-order valence-corrected chi connectivity index (χ2v) is 5.43. The van der Waals surface area contributed by atoms with E-state index in [1.165, 1.54) is 0 Å². The number of halogens is 1. The number of rotatable bonds is 2. The van der Waals surface area contributed by atoms with Crippen molar-refractivity contribution in [1.82, 2.24) is 0 Å². The standard InChI is InChI=1S/C13H14BrNO3/c1-7-3-10(4-8(2)12(7)14)15-6-9(13(17)18)5-11(15)16/h3-4,9H,5-6H2,1-2H3,(H,17,18)/t9-/m1/s1. The van der Waals surface area contributed by atoms with E-state index < -0.39 is 11.9 Å².